The molecule has 0 saturated carbocycles. The summed E-state index contributed by atoms with van der Waals surface area (Å²) < 4.78 is 0. The maximum Gasteiger partial charge on any atom is 0.336 e. The van der Waals surface area contributed by atoms with Crippen molar-refractivity contribution >= 4 is 11.9 Å². The van der Waals surface area contributed by atoms with E-state index in [1.54, 1.807) is 0 Å². The van der Waals surface area contributed by atoms with Crippen LogP contribution in [0.15, 0.2) is 12.1 Å². The van der Waals surface area contributed by atoms with Crippen molar-refractivity contribution in [1.29, 1.82) is 0 Å². The number of aryl methyl sites for hydroxylation is 1. The van der Waals surface area contributed by atoms with Crippen molar-refractivity contribution in [3.63, 3.8) is 0 Å². The monoisotopic (exact) mass is 404 g/mol. The Hall–Kier alpha value is -1.84. The minimum absolute atomic E-state index is 0.00645. The second-order valence-electron chi connectivity index (χ2n) is 8.13. The van der Waals surface area contributed by atoms with Crippen molar-refractivity contribution in [1.82, 2.24) is 0 Å². The fraction of sp³-hybridized carbons (Fsp3) is 0.680. The number of unbranched alkanes of at least 4 members (excludes halogenated alkanes) is 11. The number of rotatable bonds is 17. The molecule has 1 rings (SSSR count). The van der Waals surface area contributed by atoms with Crippen molar-refractivity contribution in [2.45, 2.75) is 110 Å². The van der Waals surface area contributed by atoms with Gasteiger partial charge in [0.05, 0.1) is 11.1 Å². The van der Waals surface area contributed by atoms with Crippen LogP contribution < -0.4 is 0 Å². The molecule has 164 valence electrons. The molecule has 2 N–H and O–H groups in total. The topological polar surface area (TPSA) is 74.6 Å². The zero-order valence-electron chi connectivity index (χ0n) is 18.5. The van der Waals surface area contributed by atoms with Gasteiger partial charge in [-0.1, -0.05) is 90.5 Å². The molecule has 0 heterocycles. The SMILES string of the molecule is CCCCCCCCCc1c(CCCCCCCC)ccc(C(=O)O)c1C(=O)O. The maximum atomic E-state index is 11.9. The third-order valence-electron chi connectivity index (χ3n) is 5.68. The van der Waals surface area contributed by atoms with E-state index in [1.807, 2.05) is 6.07 Å². The molecule has 0 saturated heterocycles. The summed E-state index contributed by atoms with van der Waals surface area (Å²) in [5, 5.41) is 19.2. The van der Waals surface area contributed by atoms with Gasteiger partial charge in [-0.25, -0.2) is 9.59 Å². The summed E-state index contributed by atoms with van der Waals surface area (Å²) in [7, 11) is 0. The highest BCUT2D eigenvalue weighted by Crippen LogP contribution is 2.25. The van der Waals surface area contributed by atoms with Crippen LogP contribution in [0.3, 0.4) is 0 Å². The van der Waals surface area contributed by atoms with Gasteiger partial charge in [0, 0.05) is 0 Å². The molecule has 0 spiro atoms. The summed E-state index contributed by atoms with van der Waals surface area (Å²) in [6, 6.07) is 3.32. The second-order valence-corrected chi connectivity index (χ2v) is 8.13. The Labute approximate surface area is 176 Å². The van der Waals surface area contributed by atoms with Crippen molar-refractivity contribution in [3.8, 4) is 0 Å². The van der Waals surface area contributed by atoms with Gasteiger partial charge in [0.25, 0.3) is 0 Å². The lowest BCUT2D eigenvalue weighted by molar-refractivity contribution is 0.0650. The molecule has 0 aliphatic carbocycles. The summed E-state index contributed by atoms with van der Waals surface area (Å²) in [4.78, 5) is 23.5. The Morgan fingerprint density at radius 2 is 1.14 bits per heavy atom. The Morgan fingerprint density at radius 1 is 0.655 bits per heavy atom. The summed E-state index contributed by atoms with van der Waals surface area (Å²) in [5.74, 6) is -2.28. The fourth-order valence-electron chi connectivity index (χ4n) is 3.99. The molecule has 0 bridgehead atoms. The van der Waals surface area contributed by atoms with E-state index in [4.69, 9.17) is 0 Å². The average Bonchev–Trinajstić information content (AvgIpc) is 2.69. The lowest BCUT2D eigenvalue weighted by Gasteiger charge is -2.15. The molecule has 0 aliphatic heterocycles. The highest BCUT2D eigenvalue weighted by Gasteiger charge is 2.22. The van der Waals surface area contributed by atoms with E-state index in [-0.39, 0.29) is 11.1 Å². The molecule has 0 aliphatic rings. The van der Waals surface area contributed by atoms with Crippen molar-refractivity contribution in [2.24, 2.45) is 0 Å². The highest BCUT2D eigenvalue weighted by molar-refractivity contribution is 6.03. The number of carboxylic acids is 2. The molecule has 0 amide bonds. The molecule has 1 aromatic rings. The summed E-state index contributed by atoms with van der Waals surface area (Å²) in [5.41, 5.74) is 1.70. The van der Waals surface area contributed by atoms with Crippen LogP contribution in [-0.4, -0.2) is 22.2 Å². The van der Waals surface area contributed by atoms with Gasteiger partial charge in [-0.2, -0.15) is 0 Å². The Balaban J connectivity index is 2.80. The van der Waals surface area contributed by atoms with Gasteiger partial charge in [0.15, 0.2) is 0 Å². The molecule has 4 nitrogen and oxygen atoms in total. The first-order valence-corrected chi connectivity index (χ1v) is 11.6. The van der Waals surface area contributed by atoms with Crippen molar-refractivity contribution < 1.29 is 19.8 Å². The predicted octanol–water partition coefficient (Wildman–Crippen LogP) is 7.28. The molecule has 0 radical (unpaired) electrons. The van der Waals surface area contributed by atoms with Gasteiger partial charge in [0.2, 0.25) is 0 Å². The van der Waals surface area contributed by atoms with E-state index < -0.39 is 11.9 Å². The van der Waals surface area contributed by atoms with Crippen LogP contribution >= 0.6 is 0 Å². The standard InChI is InChI=1S/C25H40O4/c1-3-5-7-9-11-13-15-17-21-20(16-14-12-10-8-6-4-2)18-19-22(24(26)27)23(21)25(28)29/h18-19H,3-17H2,1-2H3,(H,26,27)(H,28,29). The number of carboxylic acid groups (broad SMARTS) is 2. The molecule has 0 atom stereocenters. The first kappa shape index (κ1) is 25.2. The molecule has 0 aromatic heterocycles. The van der Waals surface area contributed by atoms with Crippen LogP contribution in [0.4, 0.5) is 0 Å². The Morgan fingerprint density at radius 3 is 1.62 bits per heavy atom. The lowest BCUT2D eigenvalue weighted by atomic mass is 9.89. The lowest BCUT2D eigenvalue weighted by Crippen LogP contribution is -2.14. The number of carbonyl (C=O) groups is 2. The molecule has 1 aromatic carbocycles. The van der Waals surface area contributed by atoms with Gasteiger partial charge in [-0.3, -0.25) is 0 Å². The Bertz CT molecular complexity index is 621. The van der Waals surface area contributed by atoms with E-state index in [9.17, 15) is 19.8 Å². The van der Waals surface area contributed by atoms with Gasteiger partial charge in [0.1, 0.15) is 0 Å². The number of hydrogen-bond acceptors (Lipinski definition) is 2. The molecule has 29 heavy (non-hydrogen) atoms. The first-order chi connectivity index (χ1) is 14.0. The van der Waals surface area contributed by atoms with Crippen LogP contribution in [0.5, 0.6) is 0 Å². The zero-order chi connectivity index (χ0) is 21.5. The van der Waals surface area contributed by atoms with Crippen LogP contribution in [0.1, 0.15) is 129 Å². The van der Waals surface area contributed by atoms with E-state index in [0.717, 1.165) is 49.7 Å². The summed E-state index contributed by atoms with van der Waals surface area (Å²) in [6.45, 7) is 4.40. The van der Waals surface area contributed by atoms with Crippen LogP contribution in [0.25, 0.3) is 0 Å². The molecule has 0 fully saturated rings. The van der Waals surface area contributed by atoms with Gasteiger partial charge in [-0.05, 0) is 42.9 Å². The summed E-state index contributed by atoms with van der Waals surface area (Å²) >= 11 is 0. The number of benzene rings is 1. The van der Waals surface area contributed by atoms with Crippen LogP contribution in [0.2, 0.25) is 0 Å². The van der Waals surface area contributed by atoms with Crippen molar-refractivity contribution in [2.75, 3.05) is 0 Å². The van der Waals surface area contributed by atoms with Crippen LogP contribution in [-0.2, 0) is 12.8 Å². The van der Waals surface area contributed by atoms with Crippen LogP contribution in [0, 0.1) is 0 Å². The van der Waals surface area contributed by atoms with Crippen molar-refractivity contribution in [3.05, 3.63) is 34.4 Å². The smallest absolute Gasteiger partial charge is 0.336 e. The average molecular weight is 405 g/mol. The minimum Gasteiger partial charge on any atom is -0.478 e. The third kappa shape index (κ3) is 9.47. The molecule has 0 unspecified atom stereocenters. The van der Waals surface area contributed by atoms with E-state index in [2.05, 4.69) is 13.8 Å². The van der Waals surface area contributed by atoms with Gasteiger partial charge < -0.3 is 10.2 Å². The number of aromatic carboxylic acids is 2. The third-order valence-corrected chi connectivity index (χ3v) is 5.68. The van der Waals surface area contributed by atoms with Gasteiger partial charge in [-0.15, -0.1) is 0 Å². The number of hydrogen-bond donors (Lipinski definition) is 2. The largest absolute Gasteiger partial charge is 0.478 e. The normalized spacial score (nSPS) is 11.0. The summed E-state index contributed by atoms with van der Waals surface area (Å²) in [6.07, 6.45) is 16.7. The quantitative estimate of drug-likeness (QED) is 0.267. The van der Waals surface area contributed by atoms with E-state index >= 15 is 0 Å². The minimum atomic E-state index is -1.16. The van der Waals surface area contributed by atoms with Gasteiger partial charge >= 0.3 is 11.9 Å². The predicted molar refractivity (Wildman–Crippen MR) is 119 cm³/mol. The second kappa shape index (κ2) is 15.1. The molecule has 4 heteroatoms. The maximum absolute atomic E-state index is 11.9. The van der Waals surface area contributed by atoms with E-state index in [0.29, 0.717) is 6.42 Å². The Kier molecular flexibility index (Phi) is 13.1. The van der Waals surface area contributed by atoms with E-state index in [1.165, 1.54) is 57.4 Å². The zero-order valence-corrected chi connectivity index (χ0v) is 18.5. The fourth-order valence-corrected chi connectivity index (χ4v) is 3.99. The highest BCUT2D eigenvalue weighted by atomic mass is 16.4. The molecular formula is C25H40O4. The molecular weight excluding hydrogens is 364 g/mol. The first-order valence-electron chi connectivity index (χ1n) is 11.6.